The third-order valence-corrected chi connectivity index (χ3v) is 8.71. The number of aliphatic hydroxyl groups is 1. The number of carbonyl (C=O) groups excluding carboxylic acids is 3. The molecule has 0 radical (unpaired) electrons. The number of amides is 2. The van der Waals surface area contributed by atoms with Gasteiger partial charge < -0.3 is 24.4 Å². The number of hydrogen-bond acceptors (Lipinski definition) is 6. The fourth-order valence-corrected chi connectivity index (χ4v) is 7.52. The van der Waals surface area contributed by atoms with Crippen molar-refractivity contribution in [2.45, 2.75) is 96.9 Å². The van der Waals surface area contributed by atoms with Crippen molar-refractivity contribution in [3.8, 4) is 0 Å². The summed E-state index contributed by atoms with van der Waals surface area (Å²) in [6.45, 7) is 22.2. The lowest BCUT2D eigenvalue weighted by atomic mass is 9.62. The summed E-state index contributed by atoms with van der Waals surface area (Å²) >= 11 is 0. The summed E-state index contributed by atoms with van der Waals surface area (Å²) in [6, 6.07) is -0.950. The normalized spacial score (nSPS) is 32.3. The molecule has 8 nitrogen and oxygen atoms in total. The quantitative estimate of drug-likeness (QED) is 0.234. The second kappa shape index (κ2) is 10.8. The summed E-state index contributed by atoms with van der Waals surface area (Å²) in [4.78, 5) is 45.3. The Labute approximate surface area is 228 Å². The van der Waals surface area contributed by atoms with E-state index in [1.54, 1.807) is 17.1 Å². The van der Waals surface area contributed by atoms with Crippen LogP contribution in [0.1, 0.15) is 74.1 Å². The van der Waals surface area contributed by atoms with Crippen molar-refractivity contribution in [1.29, 1.82) is 0 Å². The Bertz CT molecular complexity index is 955. The number of likely N-dealkylation sites (tertiary alicyclic amines) is 1. The first-order valence-corrected chi connectivity index (χ1v) is 13.9. The number of carbonyl (C=O) groups is 3. The van der Waals surface area contributed by atoms with E-state index in [9.17, 15) is 19.5 Å². The average molecular weight is 533 g/mol. The van der Waals surface area contributed by atoms with Gasteiger partial charge >= 0.3 is 5.97 Å². The SMILES string of the molecule is C=CCCCOC(=O)[C@@H]1[C@H]2C(=O)N(CCO)C(C(=O)N(CC=C)C(C)(C)CC(C)(C)C)C23CC(C)[C@@]1(C)O3. The Kier molecular flexibility index (Phi) is 8.60. The first-order valence-electron chi connectivity index (χ1n) is 13.9. The number of allylic oxidation sites excluding steroid dienone is 1. The number of ether oxygens (including phenoxy) is 2. The Hall–Kier alpha value is -2.19. The lowest BCUT2D eigenvalue weighted by Gasteiger charge is -2.45. The van der Waals surface area contributed by atoms with Crippen LogP contribution in [0.3, 0.4) is 0 Å². The Morgan fingerprint density at radius 2 is 1.89 bits per heavy atom. The third kappa shape index (κ3) is 5.06. The van der Waals surface area contributed by atoms with Crippen LogP contribution in [0.5, 0.6) is 0 Å². The standard InChI is InChI=1S/C30H48N2O6/c1-10-12-13-17-37-26(36)22-21-24(34)31(15-16-33)23(30(21)18-20(3)29(22,9)38-30)25(35)32(14-11-2)28(7,8)19-27(4,5)6/h10-11,20-23,33H,1-2,12-19H2,3-9H3/t20?,21-,22-,23?,29+,30?/m0/s1. The Morgan fingerprint density at radius 3 is 2.45 bits per heavy atom. The van der Waals surface area contributed by atoms with Crippen LogP contribution in [-0.2, 0) is 23.9 Å². The van der Waals surface area contributed by atoms with E-state index in [0.717, 1.165) is 12.8 Å². The van der Waals surface area contributed by atoms with Crippen molar-refractivity contribution in [3.63, 3.8) is 0 Å². The predicted octanol–water partition coefficient (Wildman–Crippen LogP) is 3.73. The first-order chi connectivity index (χ1) is 17.6. The average Bonchev–Trinajstić information content (AvgIpc) is 3.30. The van der Waals surface area contributed by atoms with Crippen LogP contribution in [0.25, 0.3) is 0 Å². The summed E-state index contributed by atoms with van der Waals surface area (Å²) in [5, 5.41) is 9.90. The van der Waals surface area contributed by atoms with E-state index in [1.807, 2.05) is 27.7 Å². The molecule has 214 valence electrons. The van der Waals surface area contributed by atoms with E-state index in [-0.39, 0.29) is 42.9 Å². The minimum Gasteiger partial charge on any atom is -0.465 e. The van der Waals surface area contributed by atoms with E-state index >= 15 is 0 Å². The summed E-state index contributed by atoms with van der Waals surface area (Å²) < 4.78 is 12.4. The molecule has 1 spiro atoms. The summed E-state index contributed by atoms with van der Waals surface area (Å²) in [5.41, 5.74) is -2.68. The molecular weight excluding hydrogens is 484 g/mol. The van der Waals surface area contributed by atoms with E-state index in [2.05, 4.69) is 33.9 Å². The number of hydrogen-bond donors (Lipinski definition) is 1. The summed E-state index contributed by atoms with van der Waals surface area (Å²) in [5.74, 6) is -2.76. The molecule has 38 heavy (non-hydrogen) atoms. The molecule has 3 fully saturated rings. The maximum atomic E-state index is 14.6. The largest absolute Gasteiger partial charge is 0.465 e. The zero-order chi connectivity index (χ0) is 28.7. The molecule has 8 heteroatoms. The highest BCUT2D eigenvalue weighted by Gasteiger charge is 2.80. The molecule has 0 saturated carbocycles. The van der Waals surface area contributed by atoms with Crippen molar-refractivity contribution in [2.24, 2.45) is 23.2 Å². The van der Waals surface area contributed by atoms with Crippen molar-refractivity contribution >= 4 is 17.8 Å². The number of unbranched alkanes of at least 4 members (excludes halogenated alkanes) is 1. The van der Waals surface area contributed by atoms with Crippen molar-refractivity contribution in [1.82, 2.24) is 9.80 Å². The zero-order valence-corrected chi connectivity index (χ0v) is 24.4. The number of nitrogens with zero attached hydrogens (tertiary/aromatic N) is 2. The number of β-amino-alcohol motifs (C(OH)–C–C–N with tert-alkyl or cyclic N) is 1. The van der Waals surface area contributed by atoms with Gasteiger partial charge in [-0.15, -0.1) is 13.2 Å². The maximum absolute atomic E-state index is 14.6. The van der Waals surface area contributed by atoms with Crippen LogP contribution in [0, 0.1) is 23.2 Å². The van der Waals surface area contributed by atoms with Gasteiger partial charge in [0.15, 0.2) is 0 Å². The molecule has 3 unspecified atom stereocenters. The van der Waals surface area contributed by atoms with Crippen LogP contribution in [0.2, 0.25) is 0 Å². The van der Waals surface area contributed by atoms with Gasteiger partial charge in [-0.05, 0) is 57.8 Å². The van der Waals surface area contributed by atoms with Crippen LogP contribution in [-0.4, -0.2) is 81.8 Å². The number of fused-ring (bicyclic) bond motifs is 1. The number of esters is 1. The lowest BCUT2D eigenvalue weighted by molar-refractivity contribution is -0.163. The molecule has 6 atom stereocenters. The summed E-state index contributed by atoms with van der Waals surface area (Å²) in [7, 11) is 0. The molecule has 1 N–H and O–H groups in total. The topological polar surface area (TPSA) is 96.4 Å². The van der Waals surface area contributed by atoms with Crippen LogP contribution in [0.15, 0.2) is 25.3 Å². The summed E-state index contributed by atoms with van der Waals surface area (Å²) in [6.07, 6.45) is 6.04. The van der Waals surface area contributed by atoms with Crippen LogP contribution >= 0.6 is 0 Å². The minimum atomic E-state index is -1.17. The van der Waals surface area contributed by atoms with E-state index < -0.39 is 40.6 Å². The molecule has 0 aromatic carbocycles. The molecule has 3 aliphatic heterocycles. The second-order valence-electron chi connectivity index (χ2n) is 13.3. The smallest absolute Gasteiger partial charge is 0.312 e. The zero-order valence-electron chi connectivity index (χ0n) is 24.4. The molecule has 0 aromatic rings. The molecule has 0 aromatic heterocycles. The van der Waals surface area contributed by atoms with Crippen molar-refractivity contribution in [3.05, 3.63) is 25.3 Å². The van der Waals surface area contributed by atoms with Crippen molar-refractivity contribution < 1.29 is 29.0 Å². The molecule has 3 saturated heterocycles. The highest BCUT2D eigenvalue weighted by atomic mass is 16.6. The monoisotopic (exact) mass is 532 g/mol. The van der Waals surface area contributed by atoms with E-state index in [1.165, 1.54) is 4.90 Å². The van der Waals surface area contributed by atoms with Crippen LogP contribution in [0.4, 0.5) is 0 Å². The second-order valence-corrected chi connectivity index (χ2v) is 13.3. The van der Waals surface area contributed by atoms with Gasteiger partial charge in [-0.2, -0.15) is 0 Å². The van der Waals surface area contributed by atoms with Gasteiger partial charge in [0.05, 0.1) is 24.7 Å². The highest BCUT2D eigenvalue weighted by Crippen LogP contribution is 2.65. The third-order valence-electron chi connectivity index (χ3n) is 8.71. The fourth-order valence-electron chi connectivity index (χ4n) is 7.52. The first kappa shape index (κ1) is 30.4. The molecular formula is C30H48N2O6. The van der Waals surface area contributed by atoms with Gasteiger partial charge in [0.2, 0.25) is 11.8 Å². The fraction of sp³-hybridized carbons (Fsp3) is 0.767. The molecule has 3 rings (SSSR count). The minimum absolute atomic E-state index is 0.00925. The van der Waals surface area contributed by atoms with Gasteiger partial charge in [-0.25, -0.2) is 0 Å². The van der Waals surface area contributed by atoms with Gasteiger partial charge in [0.25, 0.3) is 0 Å². The van der Waals surface area contributed by atoms with Crippen molar-refractivity contribution in [2.75, 3.05) is 26.3 Å². The molecule has 0 aliphatic carbocycles. The van der Waals surface area contributed by atoms with Gasteiger partial charge in [-0.3, -0.25) is 14.4 Å². The number of aliphatic hydroxyl groups excluding tert-OH is 1. The van der Waals surface area contributed by atoms with Gasteiger partial charge in [0, 0.05) is 18.6 Å². The predicted molar refractivity (Wildman–Crippen MR) is 146 cm³/mol. The maximum Gasteiger partial charge on any atom is 0.312 e. The van der Waals surface area contributed by atoms with E-state index in [0.29, 0.717) is 19.4 Å². The van der Waals surface area contributed by atoms with Gasteiger partial charge in [-0.1, -0.05) is 39.8 Å². The van der Waals surface area contributed by atoms with Gasteiger partial charge in [0.1, 0.15) is 17.6 Å². The Morgan fingerprint density at radius 1 is 1.24 bits per heavy atom. The number of rotatable bonds is 12. The lowest BCUT2D eigenvalue weighted by Crippen LogP contribution is -2.61. The molecule has 3 aliphatic rings. The highest BCUT2D eigenvalue weighted by molar-refractivity contribution is 5.98. The van der Waals surface area contributed by atoms with E-state index in [4.69, 9.17) is 9.47 Å². The Balaban J connectivity index is 2.06. The molecule has 2 bridgehead atoms. The molecule has 3 heterocycles. The van der Waals surface area contributed by atoms with Crippen LogP contribution < -0.4 is 0 Å². The molecule has 2 amide bonds.